The van der Waals surface area contributed by atoms with Gasteiger partial charge < -0.3 is 22.1 Å². The predicted octanol–water partition coefficient (Wildman–Crippen LogP) is 2.46. The molecule has 4 amide bonds. The van der Waals surface area contributed by atoms with E-state index in [0.717, 1.165) is 0 Å². The zero-order valence-electron chi connectivity index (χ0n) is 22.3. The quantitative estimate of drug-likeness (QED) is 0.205. The van der Waals surface area contributed by atoms with E-state index in [9.17, 15) is 28.4 Å². The average Bonchev–Trinajstić information content (AvgIpc) is 2.86. The summed E-state index contributed by atoms with van der Waals surface area (Å²) in [7, 11) is 0. The number of halogens is 1. The van der Waals surface area contributed by atoms with Gasteiger partial charge >= 0.3 is 6.03 Å². The Hall–Kier alpha value is -3.30. The Kier molecular flexibility index (Phi) is 11.2. The molecule has 0 saturated carbocycles. The highest BCUT2D eigenvalue weighted by Crippen LogP contribution is 2.18. The third kappa shape index (κ3) is 11.6. The summed E-state index contributed by atoms with van der Waals surface area (Å²) in [5.41, 5.74) is 7.14. The third-order valence-corrected chi connectivity index (χ3v) is 5.60. The number of ketones is 2. The Balaban J connectivity index is 2.67. The summed E-state index contributed by atoms with van der Waals surface area (Å²) >= 11 is 0. The van der Waals surface area contributed by atoms with Gasteiger partial charge in [-0.3, -0.25) is 19.2 Å². The Morgan fingerprint density at radius 3 is 2.34 bits per heavy atom. The lowest BCUT2D eigenvalue weighted by Gasteiger charge is -2.23. The zero-order chi connectivity index (χ0) is 28.0. The molecule has 0 heterocycles. The van der Waals surface area contributed by atoms with Gasteiger partial charge in [-0.25, -0.2) is 9.18 Å². The van der Waals surface area contributed by atoms with Crippen LogP contribution in [0.3, 0.4) is 0 Å². The Morgan fingerprint density at radius 2 is 1.77 bits per heavy atom. The molecule has 0 fully saturated rings. The Bertz CT molecular complexity index is 930. The monoisotopic (exact) mass is 494 g/mol. The van der Waals surface area contributed by atoms with Crippen LogP contribution in [0.15, 0.2) is 24.3 Å². The van der Waals surface area contributed by atoms with Gasteiger partial charge in [0.1, 0.15) is 5.82 Å². The summed E-state index contributed by atoms with van der Waals surface area (Å²) in [6.07, 6.45) is 0.737. The molecule has 0 spiro atoms. The van der Waals surface area contributed by atoms with Crippen molar-refractivity contribution in [2.24, 2.45) is 29.2 Å². The van der Waals surface area contributed by atoms with Crippen LogP contribution in [0, 0.1) is 23.6 Å². The Labute approximate surface area is 208 Å². The number of nitrogens with one attached hydrogen (secondary N) is 2. The first-order valence-corrected chi connectivity index (χ1v) is 11.6. The standard InChI is InChI=1S/C25H37FN4O5/c1-15(2)23(21(32)14-18(24(27)34)5-4-12-29-25(28)35)30-22(33)11-6-16(3)13-20(31)17-7-9-19(26)10-8-17/h7-10,15-16,18,23H,4-6,11-14H2,1-3H3,(H2,27,34)(H,30,33)(H3,28,29,35)/t16?,18-,23+/m1/s1/i3D/hD. The second-order valence-electron chi connectivity index (χ2n) is 8.99. The molecule has 0 aliphatic carbocycles. The molecule has 1 rings (SSSR count). The van der Waals surface area contributed by atoms with Crippen LogP contribution < -0.4 is 22.1 Å². The molecule has 0 bridgehead atoms. The molecule has 10 heteroatoms. The summed E-state index contributed by atoms with van der Waals surface area (Å²) in [5.74, 6) is -3.54. The van der Waals surface area contributed by atoms with Crippen molar-refractivity contribution >= 4 is 29.4 Å². The van der Waals surface area contributed by atoms with Crippen molar-refractivity contribution in [1.29, 1.82) is 0 Å². The number of rotatable bonds is 16. The predicted molar refractivity (Wildman–Crippen MR) is 130 cm³/mol. The molecule has 6 N–H and O–H groups in total. The maximum Gasteiger partial charge on any atom is 0.312 e. The van der Waals surface area contributed by atoms with Gasteiger partial charge in [0.15, 0.2) is 13.0 Å². The van der Waals surface area contributed by atoms with E-state index in [1.165, 1.54) is 24.3 Å². The first-order chi connectivity index (χ1) is 17.5. The van der Waals surface area contributed by atoms with Crippen LogP contribution in [0.1, 0.15) is 71.0 Å². The van der Waals surface area contributed by atoms with Crippen LogP contribution in [0.5, 0.6) is 0 Å². The molecule has 9 nitrogen and oxygen atoms in total. The van der Waals surface area contributed by atoms with Crippen LogP contribution in [0.4, 0.5) is 9.18 Å². The summed E-state index contributed by atoms with van der Waals surface area (Å²) in [4.78, 5) is 60.9. The second kappa shape index (κ2) is 14.9. The van der Waals surface area contributed by atoms with Gasteiger partial charge in [0.05, 0.1) is 6.04 Å². The number of Topliss-reactive ketones (excluding diaryl/α,β-unsaturated/α-hetero) is 2. The molecule has 1 aromatic rings. The van der Waals surface area contributed by atoms with Gasteiger partial charge in [-0.15, -0.1) is 0 Å². The largest absolute Gasteiger partial charge is 0.369 e. The van der Waals surface area contributed by atoms with Gasteiger partial charge in [0, 0.05) is 38.7 Å². The lowest BCUT2D eigenvalue weighted by Crippen LogP contribution is -2.45. The van der Waals surface area contributed by atoms with Gasteiger partial charge in [-0.2, -0.15) is 0 Å². The highest BCUT2D eigenvalue weighted by molar-refractivity contribution is 5.96. The number of amides is 4. The summed E-state index contributed by atoms with van der Waals surface area (Å²) < 4.78 is 27.9. The third-order valence-electron chi connectivity index (χ3n) is 5.60. The first-order valence-electron chi connectivity index (χ1n) is 12.8. The SMILES string of the molecule is [2H]CC(CCC(=O)N[C@H](C(=O)C[C@@H](CCCNC(N)=O)C(=O)N[2H])C(C)C)CC(=O)c1ccc(F)cc1. The smallest absolute Gasteiger partial charge is 0.312 e. The minimum Gasteiger partial charge on any atom is -0.369 e. The number of carbonyl (C=O) groups is 5. The van der Waals surface area contributed by atoms with Crippen molar-refractivity contribution in [2.75, 3.05) is 6.54 Å². The van der Waals surface area contributed by atoms with Gasteiger partial charge in [-0.05, 0) is 55.4 Å². The van der Waals surface area contributed by atoms with Gasteiger partial charge in [0.2, 0.25) is 11.8 Å². The first kappa shape index (κ1) is 26.3. The van der Waals surface area contributed by atoms with Crippen molar-refractivity contribution in [1.82, 2.24) is 10.6 Å². The van der Waals surface area contributed by atoms with Crippen molar-refractivity contribution in [2.45, 2.75) is 65.3 Å². The molecular formula is C25H37FN4O5. The van der Waals surface area contributed by atoms with E-state index in [2.05, 4.69) is 10.6 Å². The van der Waals surface area contributed by atoms with E-state index in [1.807, 2.05) is 0 Å². The normalized spacial score (nSPS) is 14.2. The number of primary amides is 2. The molecule has 0 aliphatic rings. The van der Waals surface area contributed by atoms with E-state index in [1.54, 1.807) is 19.6 Å². The molecule has 0 aromatic heterocycles. The highest BCUT2D eigenvalue weighted by atomic mass is 19.1. The minimum absolute atomic E-state index is 0.00612. The molecular weight excluding hydrogens is 455 g/mol. The van der Waals surface area contributed by atoms with Crippen molar-refractivity contribution < 1.29 is 31.1 Å². The molecule has 3 atom stereocenters. The lowest BCUT2D eigenvalue weighted by molar-refractivity contribution is -0.131. The van der Waals surface area contributed by atoms with Crippen molar-refractivity contribution in [3.05, 3.63) is 35.6 Å². The summed E-state index contributed by atoms with van der Waals surface area (Å²) in [6.45, 7) is 3.66. The molecule has 1 aromatic carbocycles. The minimum atomic E-state index is -0.854. The lowest BCUT2D eigenvalue weighted by atomic mass is 9.89. The number of nitrogens with two attached hydrogens (primary N) is 2. The fourth-order valence-electron chi connectivity index (χ4n) is 3.57. The van der Waals surface area contributed by atoms with E-state index >= 15 is 0 Å². The van der Waals surface area contributed by atoms with E-state index < -0.39 is 35.6 Å². The van der Waals surface area contributed by atoms with Gasteiger partial charge in [-0.1, -0.05) is 20.7 Å². The number of hydrogen-bond acceptors (Lipinski definition) is 5. The van der Waals surface area contributed by atoms with Crippen LogP contribution in [0.25, 0.3) is 0 Å². The van der Waals surface area contributed by atoms with E-state index in [-0.39, 0.29) is 69.0 Å². The molecule has 0 radical (unpaired) electrons. The van der Waals surface area contributed by atoms with Crippen LogP contribution in [0.2, 0.25) is 1.41 Å². The van der Waals surface area contributed by atoms with Crippen LogP contribution in [-0.2, 0) is 14.4 Å². The van der Waals surface area contributed by atoms with Crippen LogP contribution in [-0.4, -0.2) is 42.0 Å². The highest BCUT2D eigenvalue weighted by Gasteiger charge is 2.28. The Morgan fingerprint density at radius 1 is 1.09 bits per heavy atom. The van der Waals surface area contributed by atoms with Crippen molar-refractivity contribution in [3.63, 3.8) is 0 Å². The zero-order valence-corrected chi connectivity index (χ0v) is 20.3. The number of hydrogen-bond donors (Lipinski definition) is 4. The number of carbonyl (C=O) groups excluding carboxylic acids is 5. The van der Waals surface area contributed by atoms with Crippen molar-refractivity contribution in [3.8, 4) is 0 Å². The van der Waals surface area contributed by atoms with Crippen LogP contribution >= 0.6 is 0 Å². The average molecular weight is 495 g/mol. The molecule has 0 saturated heterocycles. The number of urea groups is 1. The molecule has 35 heavy (non-hydrogen) atoms. The summed E-state index contributed by atoms with van der Waals surface area (Å²) in [5, 5.41) is 5.10. The van der Waals surface area contributed by atoms with E-state index in [4.69, 9.17) is 8.52 Å². The summed E-state index contributed by atoms with van der Waals surface area (Å²) in [6, 6.07) is 3.59. The topological polar surface area (TPSA) is 161 Å². The fourth-order valence-corrected chi connectivity index (χ4v) is 3.57. The molecule has 0 aliphatic heterocycles. The second-order valence-corrected chi connectivity index (χ2v) is 8.99. The van der Waals surface area contributed by atoms with Gasteiger partial charge in [0.25, 0.3) is 0 Å². The number of benzene rings is 1. The molecule has 194 valence electrons. The molecule has 1 unspecified atom stereocenters. The maximum atomic E-state index is 13.1. The fraction of sp³-hybridized carbons (Fsp3) is 0.560. The maximum absolute atomic E-state index is 13.1. The van der Waals surface area contributed by atoms with E-state index in [0.29, 0.717) is 12.0 Å².